The minimum absolute atomic E-state index is 4.51. The van der Waals surface area contributed by atoms with E-state index in [2.05, 4.69) is 0 Å². The van der Waals surface area contributed by atoms with Gasteiger partial charge in [-0.05, 0) is 0 Å². The number of hydrogen-bond donors (Lipinski definition) is 0. The summed E-state index contributed by atoms with van der Waals surface area (Å²) in [6.45, 7) is 0. The van der Waals surface area contributed by atoms with Gasteiger partial charge in [-0.15, -0.1) is 0 Å². The molecule has 0 aliphatic carbocycles. The molecule has 35 valence electrons. The first-order valence-electron chi connectivity index (χ1n) is 0.303. The second-order valence-electron chi connectivity index (χ2n) is 0.115. The number of rotatable bonds is 0. The SMILES string of the molecule is [F][Yb]([F])[F]. The van der Waals surface area contributed by atoms with Crippen LogP contribution in [0.4, 0.5) is 0.936 Å². The van der Waals surface area contributed by atoms with E-state index in [0.717, 1.165) is 0 Å². The predicted molar refractivity (Wildman–Crippen MR) is 3.32 cm³/mol. The van der Waals surface area contributed by atoms with Crippen molar-refractivity contribution in [2.24, 2.45) is 0 Å². The maximum absolute atomic E-state index is 9.79. The third kappa shape index (κ3) is 10.3. The van der Waals surface area contributed by atoms with Gasteiger partial charge < -0.3 is 0 Å². The Hall–Kier alpha value is 1.31. The van der Waals surface area contributed by atoms with Gasteiger partial charge in [0.25, 0.3) is 0 Å². The fourth-order valence-electron chi connectivity index (χ4n) is 0. The summed E-state index contributed by atoms with van der Waals surface area (Å²) >= 11 is -4.51. The van der Waals surface area contributed by atoms with Crippen LogP contribution in [0.15, 0.2) is 0 Å². The van der Waals surface area contributed by atoms with Crippen molar-refractivity contribution in [2.75, 3.05) is 0 Å². The molecule has 0 saturated carbocycles. The molecule has 0 spiro atoms. The van der Waals surface area contributed by atoms with E-state index < -0.39 is 42.8 Å². The Bertz CT molecular complexity index is 8.00. The van der Waals surface area contributed by atoms with Crippen LogP contribution in [0, 0.1) is 42.8 Å². The summed E-state index contributed by atoms with van der Waals surface area (Å²) in [5, 5.41) is 0. The summed E-state index contributed by atoms with van der Waals surface area (Å²) in [7, 11) is 0. The molecule has 4 heteroatoms. The molecule has 0 saturated heterocycles. The zero-order chi connectivity index (χ0) is 3.58. The Morgan fingerprint density at radius 2 is 1.00 bits per heavy atom. The fourth-order valence-corrected chi connectivity index (χ4v) is 0. The van der Waals surface area contributed by atoms with Crippen molar-refractivity contribution in [3.8, 4) is 0 Å². The Morgan fingerprint density at radius 3 is 1.00 bits per heavy atom. The summed E-state index contributed by atoms with van der Waals surface area (Å²) in [5.41, 5.74) is 0. The van der Waals surface area contributed by atoms with Crippen LogP contribution in [0.1, 0.15) is 0 Å². The molecule has 0 aromatic rings. The molecule has 0 radical (unpaired) electrons. The van der Waals surface area contributed by atoms with E-state index in [1.807, 2.05) is 0 Å². The van der Waals surface area contributed by atoms with Crippen molar-refractivity contribution in [2.45, 2.75) is 0 Å². The topological polar surface area (TPSA) is 0 Å². The summed E-state index contributed by atoms with van der Waals surface area (Å²) < 4.78 is 29.4. The van der Waals surface area contributed by atoms with Gasteiger partial charge in [-0.3, -0.25) is 0 Å². The van der Waals surface area contributed by atoms with Gasteiger partial charge in [0.2, 0.25) is 0 Å². The molecule has 0 atom stereocenters. The predicted octanol–water partition coefficient (Wildman–Crippen LogP) is 1.26. The molecule has 0 N–H and O–H groups in total. The van der Waals surface area contributed by atoms with Gasteiger partial charge in [0.05, 0.1) is 0 Å². The van der Waals surface area contributed by atoms with Crippen LogP contribution in [0.5, 0.6) is 0 Å². The average molecular weight is 230 g/mol. The van der Waals surface area contributed by atoms with Gasteiger partial charge >= 0.3 is 43.7 Å². The normalized spacial score (nSPS) is 11.2. The molecule has 4 heavy (non-hydrogen) atoms. The van der Waals surface area contributed by atoms with E-state index in [0.29, 0.717) is 0 Å². The first kappa shape index (κ1) is 5.31. The number of hydrogen-bond acceptors (Lipinski definition) is 0. The van der Waals surface area contributed by atoms with E-state index in [9.17, 15) is 0.936 Å². The molecule has 0 amide bonds. The van der Waals surface area contributed by atoms with E-state index >= 15 is 0 Å². The average Bonchev–Trinajstić information content (AvgIpc) is 0.811. The van der Waals surface area contributed by atoms with E-state index in [4.69, 9.17) is 0 Å². The zero-order valence-electron chi connectivity index (χ0n) is 1.40. The molecule has 0 aliphatic heterocycles. The van der Waals surface area contributed by atoms with Crippen LogP contribution in [-0.2, 0) is 0 Å². The monoisotopic (exact) mass is 231 g/mol. The Morgan fingerprint density at radius 1 is 1.00 bits per heavy atom. The second-order valence-corrected chi connectivity index (χ2v) is 0.849. The molecular formula is F3Yb. The maximum atomic E-state index is 9.79. The van der Waals surface area contributed by atoms with Gasteiger partial charge in [0.15, 0.2) is 0 Å². The van der Waals surface area contributed by atoms with Crippen LogP contribution in [0.3, 0.4) is 0 Å². The first-order valence-corrected chi connectivity index (χ1v) is 2.25. The van der Waals surface area contributed by atoms with Gasteiger partial charge in [0.1, 0.15) is 0 Å². The zero-order valence-corrected chi connectivity index (χ0v) is 3.12. The fraction of sp³-hybridized carbons (Fsp3) is 0. The molecule has 0 bridgehead atoms. The second kappa shape index (κ2) is 2.54. The third-order valence-corrected chi connectivity index (χ3v) is 0. The van der Waals surface area contributed by atoms with Crippen molar-refractivity contribution in [1.82, 2.24) is 0 Å². The van der Waals surface area contributed by atoms with Crippen molar-refractivity contribution >= 4 is 0 Å². The summed E-state index contributed by atoms with van der Waals surface area (Å²) in [6.07, 6.45) is 0. The van der Waals surface area contributed by atoms with Gasteiger partial charge in [-0.1, -0.05) is 0 Å². The van der Waals surface area contributed by atoms with Gasteiger partial charge in [-0.25, -0.2) is 0 Å². The quantitative estimate of drug-likeness (QED) is 0.587. The molecular weight excluding hydrogens is 230 g/mol. The van der Waals surface area contributed by atoms with Crippen molar-refractivity contribution < 1.29 is 43.7 Å². The third-order valence-electron chi connectivity index (χ3n) is 0. The minimum atomic E-state index is -4.51. The Balaban J connectivity index is 2.32. The molecule has 0 fully saturated rings. The molecule has 0 aliphatic rings. The van der Waals surface area contributed by atoms with Crippen molar-refractivity contribution in [3.63, 3.8) is 0 Å². The van der Waals surface area contributed by atoms with Crippen LogP contribution in [0.25, 0.3) is 0 Å². The molecule has 0 nitrogen and oxygen atoms in total. The van der Waals surface area contributed by atoms with Crippen LogP contribution >= 0.6 is 0 Å². The van der Waals surface area contributed by atoms with Gasteiger partial charge in [-0.2, -0.15) is 0 Å². The molecule has 0 rings (SSSR count). The van der Waals surface area contributed by atoms with Gasteiger partial charge in [0, 0.05) is 0 Å². The van der Waals surface area contributed by atoms with Crippen molar-refractivity contribution in [1.29, 1.82) is 0 Å². The first-order chi connectivity index (χ1) is 1.73. The summed E-state index contributed by atoms with van der Waals surface area (Å²) in [6, 6.07) is 0. The van der Waals surface area contributed by atoms with E-state index in [-0.39, 0.29) is 0 Å². The summed E-state index contributed by atoms with van der Waals surface area (Å²) in [5.74, 6) is 0. The standard InChI is InChI=1S/3FH.Yb/h3*1H;/q;;;+3/p-3. The Labute approximate surface area is 43.0 Å². The van der Waals surface area contributed by atoms with E-state index in [1.54, 1.807) is 0 Å². The van der Waals surface area contributed by atoms with Crippen LogP contribution < -0.4 is 0 Å². The Kier molecular flexibility index (Phi) is 3.37. The molecule has 0 unspecified atom stereocenters. The van der Waals surface area contributed by atoms with Crippen LogP contribution in [0.2, 0.25) is 0 Å². The van der Waals surface area contributed by atoms with Crippen LogP contribution in [-0.4, -0.2) is 0 Å². The van der Waals surface area contributed by atoms with Crippen molar-refractivity contribution in [3.05, 3.63) is 0 Å². The molecule has 0 aromatic carbocycles. The summed E-state index contributed by atoms with van der Waals surface area (Å²) in [4.78, 5) is 0. The number of halogens is 3. The van der Waals surface area contributed by atoms with E-state index in [1.165, 1.54) is 0 Å². The molecule has 0 aromatic heterocycles. The molecule has 0 heterocycles.